The van der Waals surface area contributed by atoms with Crippen molar-refractivity contribution in [2.75, 3.05) is 19.6 Å². The Kier molecular flexibility index (Phi) is 7.35. The molecule has 0 aliphatic carbocycles. The van der Waals surface area contributed by atoms with Gasteiger partial charge in [-0.15, -0.1) is 0 Å². The van der Waals surface area contributed by atoms with Crippen LogP contribution in [0.15, 0.2) is 36.7 Å². The number of hydrogen-bond donors (Lipinski definition) is 1. The number of rotatable bonds is 6. The van der Waals surface area contributed by atoms with Gasteiger partial charge in [0, 0.05) is 38.4 Å². The number of nitrogens with two attached hydrogens (primary N) is 1. The smallest absolute Gasteiger partial charge is 0.415 e. The van der Waals surface area contributed by atoms with Crippen LogP contribution in [-0.2, 0) is 6.54 Å². The molecule has 2 heterocycles. The molecule has 0 saturated carbocycles. The van der Waals surface area contributed by atoms with Gasteiger partial charge in [-0.1, -0.05) is 17.7 Å². The maximum absolute atomic E-state index is 12.6. The second-order valence-corrected chi connectivity index (χ2v) is 8.26. The number of amides is 2. The first-order chi connectivity index (χ1) is 14.7. The van der Waals surface area contributed by atoms with E-state index >= 15 is 0 Å². The fraction of sp³-hybridized carbons (Fsp3) is 0.409. The molecule has 9 heteroatoms. The highest BCUT2D eigenvalue weighted by Gasteiger charge is 2.29. The van der Waals surface area contributed by atoms with Crippen molar-refractivity contribution in [2.24, 2.45) is 5.73 Å². The number of aromatic nitrogens is 1. The number of piperazine rings is 1. The van der Waals surface area contributed by atoms with Crippen LogP contribution in [0.1, 0.15) is 36.7 Å². The third kappa shape index (κ3) is 6.08. The summed E-state index contributed by atoms with van der Waals surface area (Å²) in [6.07, 6.45) is 2.27. The van der Waals surface area contributed by atoms with Crippen molar-refractivity contribution in [3.63, 3.8) is 0 Å². The molecule has 2 N–H and O–H groups in total. The topological polar surface area (TPSA) is 98.0 Å². The summed E-state index contributed by atoms with van der Waals surface area (Å²) in [5, 5.41) is 0.591. The first-order valence-corrected chi connectivity index (χ1v) is 10.5. The van der Waals surface area contributed by atoms with Gasteiger partial charge in [-0.2, -0.15) is 0 Å². The average molecular weight is 447 g/mol. The number of carbonyl (C=O) groups is 2. The van der Waals surface area contributed by atoms with E-state index in [1.807, 2.05) is 39.0 Å². The van der Waals surface area contributed by atoms with E-state index < -0.39 is 12.0 Å². The second-order valence-electron chi connectivity index (χ2n) is 7.85. The lowest BCUT2D eigenvalue weighted by atomic mass is 10.1. The van der Waals surface area contributed by atoms with Crippen LogP contribution >= 0.6 is 11.6 Å². The largest absolute Gasteiger partial charge is 0.489 e. The van der Waals surface area contributed by atoms with Crippen molar-refractivity contribution >= 4 is 23.6 Å². The number of ether oxygens (including phenoxy) is 2. The van der Waals surface area contributed by atoms with E-state index in [2.05, 4.69) is 9.88 Å². The van der Waals surface area contributed by atoms with Crippen molar-refractivity contribution in [1.29, 1.82) is 0 Å². The Morgan fingerprint density at radius 1 is 1.26 bits per heavy atom. The molecule has 1 atom stereocenters. The zero-order valence-corrected chi connectivity index (χ0v) is 18.6. The van der Waals surface area contributed by atoms with E-state index in [0.29, 0.717) is 30.4 Å². The molecule has 2 aromatic rings. The predicted molar refractivity (Wildman–Crippen MR) is 117 cm³/mol. The first kappa shape index (κ1) is 22.8. The molecule has 31 heavy (non-hydrogen) atoms. The molecule has 1 aliphatic heterocycles. The van der Waals surface area contributed by atoms with Gasteiger partial charge in [0.05, 0.1) is 22.9 Å². The summed E-state index contributed by atoms with van der Waals surface area (Å²) in [5.41, 5.74) is 6.53. The highest BCUT2D eigenvalue weighted by Crippen LogP contribution is 2.27. The monoisotopic (exact) mass is 446 g/mol. The Bertz CT molecular complexity index is 953. The quantitative estimate of drug-likeness (QED) is 0.730. The van der Waals surface area contributed by atoms with E-state index in [9.17, 15) is 9.59 Å². The van der Waals surface area contributed by atoms with Crippen LogP contribution in [0, 0.1) is 0 Å². The number of halogens is 1. The van der Waals surface area contributed by atoms with E-state index in [0.717, 1.165) is 12.1 Å². The highest BCUT2D eigenvalue weighted by molar-refractivity contribution is 6.32. The highest BCUT2D eigenvalue weighted by atomic mass is 35.5. The minimum atomic E-state index is -0.628. The van der Waals surface area contributed by atoms with Crippen LogP contribution < -0.4 is 15.2 Å². The molecule has 3 rings (SSSR count). The van der Waals surface area contributed by atoms with Crippen LogP contribution in [0.5, 0.6) is 11.5 Å². The SMILES string of the molecule is CC(C)Oc1cc(CN2CCN(C(=O)Oc3cncc(C(N)=O)c3)[C@H](C)C2)ccc1Cl. The summed E-state index contributed by atoms with van der Waals surface area (Å²) < 4.78 is 11.2. The maximum Gasteiger partial charge on any atom is 0.415 e. The van der Waals surface area contributed by atoms with E-state index in [1.54, 1.807) is 4.90 Å². The molecule has 1 aromatic carbocycles. The van der Waals surface area contributed by atoms with Gasteiger partial charge in [0.1, 0.15) is 5.75 Å². The number of carbonyl (C=O) groups excluding carboxylic acids is 2. The fourth-order valence-electron chi connectivity index (χ4n) is 3.47. The molecule has 0 radical (unpaired) electrons. The van der Waals surface area contributed by atoms with Gasteiger partial charge in [-0.3, -0.25) is 14.7 Å². The van der Waals surface area contributed by atoms with Gasteiger partial charge in [-0.25, -0.2) is 4.79 Å². The molecule has 1 aromatic heterocycles. The molecule has 2 amide bonds. The van der Waals surface area contributed by atoms with E-state index in [-0.39, 0.29) is 23.5 Å². The summed E-state index contributed by atoms with van der Waals surface area (Å²) in [6.45, 7) is 8.53. The third-order valence-electron chi connectivity index (χ3n) is 4.91. The maximum atomic E-state index is 12.6. The van der Waals surface area contributed by atoms with E-state index in [1.165, 1.54) is 18.5 Å². The molecule has 0 spiro atoms. The number of pyridine rings is 1. The Balaban J connectivity index is 1.58. The minimum absolute atomic E-state index is 0.0428. The Labute approximate surface area is 186 Å². The van der Waals surface area contributed by atoms with Crippen molar-refractivity contribution in [3.05, 3.63) is 52.8 Å². The van der Waals surface area contributed by atoms with Gasteiger partial charge >= 0.3 is 6.09 Å². The lowest BCUT2D eigenvalue weighted by Gasteiger charge is -2.39. The summed E-state index contributed by atoms with van der Waals surface area (Å²) in [5.74, 6) is 0.238. The van der Waals surface area contributed by atoms with Crippen molar-refractivity contribution in [3.8, 4) is 11.5 Å². The van der Waals surface area contributed by atoms with Crippen molar-refractivity contribution in [1.82, 2.24) is 14.8 Å². The molecular formula is C22H27ClN4O4. The second kappa shape index (κ2) is 9.98. The number of nitrogens with zero attached hydrogens (tertiary/aromatic N) is 3. The first-order valence-electron chi connectivity index (χ1n) is 10.1. The fourth-order valence-corrected chi connectivity index (χ4v) is 3.63. The zero-order chi connectivity index (χ0) is 22.5. The molecule has 166 valence electrons. The van der Waals surface area contributed by atoms with Gasteiger partial charge in [0.15, 0.2) is 5.75 Å². The number of hydrogen-bond acceptors (Lipinski definition) is 6. The average Bonchev–Trinajstić information content (AvgIpc) is 2.70. The molecular weight excluding hydrogens is 420 g/mol. The summed E-state index contributed by atoms with van der Waals surface area (Å²) in [6, 6.07) is 7.16. The van der Waals surface area contributed by atoms with Crippen LogP contribution in [-0.4, -0.2) is 58.6 Å². The molecule has 8 nitrogen and oxygen atoms in total. The third-order valence-corrected chi connectivity index (χ3v) is 5.23. The minimum Gasteiger partial charge on any atom is -0.489 e. The molecule has 0 bridgehead atoms. The summed E-state index contributed by atoms with van der Waals surface area (Å²) in [7, 11) is 0. The molecule has 1 aliphatic rings. The number of benzene rings is 1. The van der Waals surface area contributed by atoms with Crippen molar-refractivity contribution in [2.45, 2.75) is 39.5 Å². The lowest BCUT2D eigenvalue weighted by Crippen LogP contribution is -2.54. The standard InChI is InChI=1S/C22H27ClN4O4/c1-14(2)30-20-8-16(4-5-19(20)23)13-26-6-7-27(15(3)12-26)22(29)31-18-9-17(21(24)28)10-25-11-18/h4-5,8-11,14-15H,6-7,12-13H2,1-3H3,(H2,24,28)/t15-/m1/s1. The Morgan fingerprint density at radius 3 is 2.71 bits per heavy atom. The number of primary amides is 1. The van der Waals surface area contributed by atoms with Gasteiger partial charge in [0.25, 0.3) is 0 Å². The molecule has 1 fully saturated rings. The molecule has 0 unspecified atom stereocenters. The van der Waals surface area contributed by atoms with Gasteiger partial charge in [-0.05, 0) is 44.5 Å². The van der Waals surface area contributed by atoms with Crippen LogP contribution in [0.4, 0.5) is 4.79 Å². The van der Waals surface area contributed by atoms with Gasteiger partial charge < -0.3 is 20.1 Å². The zero-order valence-electron chi connectivity index (χ0n) is 17.9. The summed E-state index contributed by atoms with van der Waals surface area (Å²) in [4.78, 5) is 31.7. The molecule has 1 saturated heterocycles. The Hall–Kier alpha value is -2.84. The van der Waals surface area contributed by atoms with Gasteiger partial charge in [0.2, 0.25) is 5.91 Å². The van der Waals surface area contributed by atoms with Crippen molar-refractivity contribution < 1.29 is 19.1 Å². The predicted octanol–water partition coefficient (Wildman–Crippen LogP) is 3.33. The van der Waals surface area contributed by atoms with E-state index in [4.69, 9.17) is 26.8 Å². The van der Waals surface area contributed by atoms with Crippen LogP contribution in [0.3, 0.4) is 0 Å². The summed E-state index contributed by atoms with van der Waals surface area (Å²) >= 11 is 6.23. The normalized spacial score (nSPS) is 16.9. The van der Waals surface area contributed by atoms with Crippen LogP contribution in [0.2, 0.25) is 5.02 Å². The Morgan fingerprint density at radius 2 is 2.03 bits per heavy atom. The van der Waals surface area contributed by atoms with Crippen LogP contribution in [0.25, 0.3) is 0 Å². The lowest BCUT2D eigenvalue weighted by molar-refractivity contribution is 0.0750.